The summed E-state index contributed by atoms with van der Waals surface area (Å²) in [6.07, 6.45) is 5.14. The molecule has 21 heavy (non-hydrogen) atoms. The lowest BCUT2D eigenvalue weighted by Crippen LogP contribution is -2.14. The summed E-state index contributed by atoms with van der Waals surface area (Å²) >= 11 is 0. The minimum atomic E-state index is -0.151. The second-order valence-electron chi connectivity index (χ2n) is 4.71. The highest BCUT2D eigenvalue weighted by molar-refractivity contribution is 6.04. The number of carbonyl (C=O) groups is 1. The van der Waals surface area contributed by atoms with Gasteiger partial charge in [-0.1, -0.05) is 13.3 Å². The molecule has 0 fully saturated rings. The van der Waals surface area contributed by atoms with Gasteiger partial charge >= 0.3 is 0 Å². The van der Waals surface area contributed by atoms with E-state index in [0.29, 0.717) is 11.3 Å². The highest BCUT2D eigenvalue weighted by Gasteiger charge is 2.10. The number of nitrogens with one attached hydrogen (secondary N) is 2. The van der Waals surface area contributed by atoms with Crippen molar-refractivity contribution in [3.05, 3.63) is 47.9 Å². The van der Waals surface area contributed by atoms with E-state index in [4.69, 9.17) is 0 Å². The van der Waals surface area contributed by atoms with Gasteiger partial charge in [0, 0.05) is 24.0 Å². The van der Waals surface area contributed by atoms with Crippen molar-refractivity contribution in [3.8, 4) is 0 Å². The van der Waals surface area contributed by atoms with Gasteiger partial charge in [-0.2, -0.15) is 0 Å². The third-order valence-electron chi connectivity index (χ3n) is 2.92. The lowest BCUT2D eigenvalue weighted by Gasteiger charge is -2.10. The predicted octanol–water partition coefficient (Wildman–Crippen LogP) is 3.11. The van der Waals surface area contributed by atoms with Crippen LogP contribution in [0.3, 0.4) is 0 Å². The number of pyridine rings is 2. The number of aryl methyl sites for hydroxylation is 1. The van der Waals surface area contributed by atoms with E-state index >= 15 is 0 Å². The molecule has 0 spiro atoms. The average molecular weight is 284 g/mol. The summed E-state index contributed by atoms with van der Waals surface area (Å²) in [6.45, 7) is 4.87. The number of nitrogens with zero attached hydrogens (tertiary/aromatic N) is 2. The molecule has 0 aromatic carbocycles. The van der Waals surface area contributed by atoms with Crippen LogP contribution in [0.2, 0.25) is 0 Å². The van der Waals surface area contributed by atoms with Gasteiger partial charge in [0.1, 0.15) is 5.82 Å². The Kier molecular flexibility index (Phi) is 5.26. The Bertz CT molecular complexity index is 574. The van der Waals surface area contributed by atoms with Crippen LogP contribution in [0.4, 0.5) is 11.5 Å². The molecular formula is C16H20N4O. The van der Waals surface area contributed by atoms with Crippen LogP contribution in [0.25, 0.3) is 0 Å². The molecule has 1 amide bonds. The van der Waals surface area contributed by atoms with E-state index < -0.39 is 0 Å². The SMILES string of the molecule is CCCc1cc(C(=O)Nc2cccnc2)cc(NCC)n1. The van der Waals surface area contributed by atoms with Crippen LogP contribution in [-0.4, -0.2) is 22.4 Å². The van der Waals surface area contributed by atoms with E-state index in [2.05, 4.69) is 27.5 Å². The number of carbonyl (C=O) groups excluding carboxylic acids is 1. The maximum absolute atomic E-state index is 12.3. The summed E-state index contributed by atoms with van der Waals surface area (Å²) in [6, 6.07) is 7.21. The van der Waals surface area contributed by atoms with Crippen molar-refractivity contribution in [2.45, 2.75) is 26.7 Å². The molecule has 5 nitrogen and oxygen atoms in total. The van der Waals surface area contributed by atoms with Gasteiger partial charge in [0.25, 0.3) is 5.91 Å². The Hall–Kier alpha value is -2.43. The first-order valence-corrected chi connectivity index (χ1v) is 7.19. The molecule has 0 aliphatic carbocycles. The summed E-state index contributed by atoms with van der Waals surface area (Å²) in [5, 5.41) is 6.00. The minimum Gasteiger partial charge on any atom is -0.370 e. The van der Waals surface area contributed by atoms with E-state index in [1.54, 1.807) is 24.5 Å². The molecule has 2 aromatic rings. The maximum Gasteiger partial charge on any atom is 0.255 e. The van der Waals surface area contributed by atoms with Gasteiger partial charge < -0.3 is 10.6 Å². The second-order valence-corrected chi connectivity index (χ2v) is 4.71. The van der Waals surface area contributed by atoms with Crippen LogP contribution in [0.5, 0.6) is 0 Å². The molecule has 0 atom stereocenters. The number of anilines is 2. The zero-order valence-electron chi connectivity index (χ0n) is 12.4. The molecule has 2 N–H and O–H groups in total. The smallest absolute Gasteiger partial charge is 0.255 e. The van der Waals surface area contributed by atoms with Crippen molar-refractivity contribution in [1.82, 2.24) is 9.97 Å². The first-order chi connectivity index (χ1) is 10.2. The summed E-state index contributed by atoms with van der Waals surface area (Å²) in [5.74, 6) is 0.585. The van der Waals surface area contributed by atoms with Gasteiger partial charge in [-0.05, 0) is 37.6 Å². The van der Waals surface area contributed by atoms with Crippen molar-refractivity contribution in [1.29, 1.82) is 0 Å². The Morgan fingerprint density at radius 3 is 2.81 bits per heavy atom. The van der Waals surface area contributed by atoms with Gasteiger partial charge in [-0.15, -0.1) is 0 Å². The van der Waals surface area contributed by atoms with Gasteiger partial charge in [-0.3, -0.25) is 9.78 Å². The zero-order chi connectivity index (χ0) is 15.1. The fourth-order valence-electron chi connectivity index (χ4n) is 2.01. The molecule has 2 heterocycles. The molecule has 5 heteroatoms. The molecule has 0 bridgehead atoms. The Balaban J connectivity index is 2.22. The largest absolute Gasteiger partial charge is 0.370 e. The lowest BCUT2D eigenvalue weighted by molar-refractivity contribution is 0.102. The maximum atomic E-state index is 12.3. The molecular weight excluding hydrogens is 264 g/mol. The van der Waals surface area contributed by atoms with Crippen LogP contribution < -0.4 is 10.6 Å². The predicted molar refractivity (Wildman–Crippen MR) is 84.6 cm³/mol. The number of rotatable bonds is 6. The monoisotopic (exact) mass is 284 g/mol. The summed E-state index contributed by atoms with van der Waals surface area (Å²) < 4.78 is 0. The summed E-state index contributed by atoms with van der Waals surface area (Å²) in [7, 11) is 0. The molecule has 2 rings (SSSR count). The zero-order valence-corrected chi connectivity index (χ0v) is 12.4. The topological polar surface area (TPSA) is 66.9 Å². The Morgan fingerprint density at radius 2 is 2.14 bits per heavy atom. The highest BCUT2D eigenvalue weighted by atomic mass is 16.1. The number of hydrogen-bond donors (Lipinski definition) is 2. The Morgan fingerprint density at radius 1 is 1.29 bits per heavy atom. The van der Waals surface area contributed by atoms with Crippen molar-refractivity contribution in [3.63, 3.8) is 0 Å². The number of amides is 1. The number of aromatic nitrogens is 2. The lowest BCUT2D eigenvalue weighted by atomic mass is 10.1. The second kappa shape index (κ2) is 7.38. The van der Waals surface area contributed by atoms with Crippen LogP contribution in [-0.2, 0) is 6.42 Å². The first-order valence-electron chi connectivity index (χ1n) is 7.19. The van der Waals surface area contributed by atoms with Crippen molar-refractivity contribution < 1.29 is 4.79 Å². The third kappa shape index (κ3) is 4.27. The molecule has 0 aliphatic rings. The molecule has 0 unspecified atom stereocenters. The fourth-order valence-corrected chi connectivity index (χ4v) is 2.01. The Labute approximate surface area is 124 Å². The van der Waals surface area contributed by atoms with Crippen LogP contribution in [0, 0.1) is 0 Å². The van der Waals surface area contributed by atoms with E-state index in [1.807, 2.05) is 19.1 Å². The third-order valence-corrected chi connectivity index (χ3v) is 2.92. The molecule has 0 aliphatic heterocycles. The van der Waals surface area contributed by atoms with Crippen LogP contribution in [0.15, 0.2) is 36.7 Å². The first kappa shape index (κ1) is 15.0. The van der Waals surface area contributed by atoms with Gasteiger partial charge in [0.05, 0.1) is 11.9 Å². The number of hydrogen-bond acceptors (Lipinski definition) is 4. The van der Waals surface area contributed by atoms with Crippen molar-refractivity contribution in [2.75, 3.05) is 17.2 Å². The van der Waals surface area contributed by atoms with Crippen molar-refractivity contribution in [2.24, 2.45) is 0 Å². The van der Waals surface area contributed by atoms with E-state index in [0.717, 1.165) is 30.9 Å². The van der Waals surface area contributed by atoms with Crippen LogP contribution in [0.1, 0.15) is 36.3 Å². The molecule has 2 aromatic heterocycles. The summed E-state index contributed by atoms with van der Waals surface area (Å²) in [5.41, 5.74) is 2.21. The molecule has 0 saturated carbocycles. The average Bonchev–Trinajstić information content (AvgIpc) is 2.49. The molecule has 0 radical (unpaired) electrons. The summed E-state index contributed by atoms with van der Waals surface area (Å²) in [4.78, 5) is 20.8. The molecule has 110 valence electrons. The fraction of sp³-hybridized carbons (Fsp3) is 0.312. The van der Waals surface area contributed by atoms with Crippen molar-refractivity contribution >= 4 is 17.4 Å². The van der Waals surface area contributed by atoms with E-state index in [-0.39, 0.29) is 5.91 Å². The minimum absolute atomic E-state index is 0.151. The van der Waals surface area contributed by atoms with Gasteiger partial charge in [0.2, 0.25) is 0 Å². The van der Waals surface area contributed by atoms with E-state index in [1.165, 1.54) is 0 Å². The van der Waals surface area contributed by atoms with E-state index in [9.17, 15) is 4.79 Å². The molecule has 0 saturated heterocycles. The van der Waals surface area contributed by atoms with Gasteiger partial charge in [-0.25, -0.2) is 4.98 Å². The highest BCUT2D eigenvalue weighted by Crippen LogP contribution is 2.14. The van der Waals surface area contributed by atoms with Gasteiger partial charge in [0.15, 0.2) is 0 Å². The quantitative estimate of drug-likeness (QED) is 0.855. The van der Waals surface area contributed by atoms with Crippen LogP contribution >= 0.6 is 0 Å². The normalized spacial score (nSPS) is 10.2. The standard InChI is InChI=1S/C16H20N4O/c1-3-6-13-9-12(10-15(19-13)18-4-2)16(21)20-14-7-5-8-17-11-14/h5,7-11H,3-4,6H2,1-2H3,(H,18,19)(H,20,21).